The van der Waals surface area contributed by atoms with E-state index in [0.717, 1.165) is 24.9 Å². The summed E-state index contributed by atoms with van der Waals surface area (Å²) in [5.41, 5.74) is 2.35. The first-order chi connectivity index (χ1) is 10.0. The van der Waals surface area contributed by atoms with Gasteiger partial charge in [0.2, 0.25) is 0 Å². The lowest BCUT2D eigenvalue weighted by Crippen LogP contribution is -2.36. The first-order valence-corrected chi connectivity index (χ1v) is 7.63. The average molecular weight is 286 g/mol. The van der Waals surface area contributed by atoms with Crippen LogP contribution in [0, 0.1) is 0 Å². The normalized spacial score (nSPS) is 13.5. The van der Waals surface area contributed by atoms with Crippen LogP contribution in [0.2, 0.25) is 0 Å². The van der Waals surface area contributed by atoms with Crippen molar-refractivity contribution in [1.29, 1.82) is 0 Å². The summed E-state index contributed by atoms with van der Waals surface area (Å²) in [6.45, 7) is 7.42. The second-order valence-electron chi connectivity index (χ2n) is 6.27. The Morgan fingerprint density at radius 2 is 2.00 bits per heavy atom. The minimum absolute atomic E-state index is 0.0760. The smallest absolute Gasteiger partial charge is 0.0734 e. The Balaban J connectivity index is 1.91. The molecule has 1 N–H and O–H groups in total. The highest BCUT2D eigenvalue weighted by molar-refractivity contribution is 5.81. The van der Waals surface area contributed by atoms with Gasteiger partial charge in [-0.2, -0.15) is 0 Å². The Kier molecular flexibility index (Phi) is 5.32. The van der Waals surface area contributed by atoms with Crippen molar-refractivity contribution in [2.45, 2.75) is 45.3 Å². The van der Waals surface area contributed by atoms with Crippen LogP contribution in [-0.4, -0.2) is 30.3 Å². The molecule has 0 saturated heterocycles. The van der Waals surface area contributed by atoms with Gasteiger partial charge in [0.15, 0.2) is 0 Å². The predicted molar refractivity (Wildman–Crippen MR) is 88.6 cm³/mol. The zero-order valence-corrected chi connectivity index (χ0v) is 13.5. The molecule has 2 rings (SSSR count). The molecule has 0 fully saturated rings. The molecule has 3 nitrogen and oxygen atoms in total. The summed E-state index contributed by atoms with van der Waals surface area (Å²) in [6, 6.07) is 10.9. The molecule has 3 heteroatoms. The highest BCUT2D eigenvalue weighted by Crippen LogP contribution is 2.17. The molecule has 1 aromatic carbocycles. The minimum Gasteiger partial charge on any atom is -0.379 e. The van der Waals surface area contributed by atoms with E-state index in [1.165, 1.54) is 10.9 Å². The molecule has 0 saturated carbocycles. The number of pyridine rings is 1. The van der Waals surface area contributed by atoms with Crippen molar-refractivity contribution in [3.05, 3.63) is 42.1 Å². The number of benzene rings is 1. The molecular weight excluding hydrogens is 260 g/mol. The molecule has 0 amide bonds. The highest BCUT2D eigenvalue weighted by atomic mass is 16.5. The second-order valence-corrected chi connectivity index (χ2v) is 6.27. The maximum absolute atomic E-state index is 5.48. The molecule has 21 heavy (non-hydrogen) atoms. The van der Waals surface area contributed by atoms with Gasteiger partial charge >= 0.3 is 0 Å². The van der Waals surface area contributed by atoms with E-state index >= 15 is 0 Å². The zero-order chi connectivity index (χ0) is 15.3. The summed E-state index contributed by atoms with van der Waals surface area (Å²) in [7, 11) is 1.77. The van der Waals surface area contributed by atoms with E-state index < -0.39 is 0 Å². The van der Waals surface area contributed by atoms with E-state index in [1.807, 2.05) is 12.3 Å². The number of hydrogen-bond acceptors (Lipinski definition) is 3. The number of aromatic nitrogens is 1. The Labute approximate surface area is 127 Å². The van der Waals surface area contributed by atoms with Crippen molar-refractivity contribution in [2.24, 2.45) is 0 Å². The predicted octanol–water partition coefficient (Wildman–Crippen LogP) is 3.57. The molecule has 0 bridgehead atoms. The van der Waals surface area contributed by atoms with Gasteiger partial charge in [-0.25, -0.2) is 0 Å². The van der Waals surface area contributed by atoms with Gasteiger partial charge < -0.3 is 10.1 Å². The fourth-order valence-corrected chi connectivity index (χ4v) is 2.72. The molecule has 0 aliphatic carbocycles. The number of ether oxygens (including phenoxy) is 1. The number of hydrogen-bond donors (Lipinski definition) is 1. The van der Waals surface area contributed by atoms with Crippen molar-refractivity contribution in [1.82, 2.24) is 10.3 Å². The van der Waals surface area contributed by atoms with Gasteiger partial charge in [0.1, 0.15) is 0 Å². The van der Waals surface area contributed by atoms with Crippen molar-refractivity contribution < 1.29 is 4.74 Å². The molecule has 0 radical (unpaired) electrons. The highest BCUT2D eigenvalue weighted by Gasteiger charge is 2.19. The standard InChI is InChI=1S/C18H26N2O/c1-14(13-18(2,3)21-4)19-12-10-16-8-5-7-15-9-6-11-20-17(15)16/h5-9,11,14,19H,10,12-13H2,1-4H3. The third-order valence-electron chi connectivity index (χ3n) is 3.95. The average Bonchev–Trinajstić information content (AvgIpc) is 2.47. The van der Waals surface area contributed by atoms with Gasteiger partial charge in [-0.15, -0.1) is 0 Å². The van der Waals surface area contributed by atoms with Crippen LogP contribution in [-0.2, 0) is 11.2 Å². The van der Waals surface area contributed by atoms with Gasteiger partial charge in [-0.05, 0) is 51.8 Å². The van der Waals surface area contributed by atoms with Crippen LogP contribution >= 0.6 is 0 Å². The fourth-order valence-electron chi connectivity index (χ4n) is 2.72. The van der Waals surface area contributed by atoms with E-state index in [-0.39, 0.29) is 5.60 Å². The quantitative estimate of drug-likeness (QED) is 0.845. The molecule has 1 aromatic heterocycles. The summed E-state index contributed by atoms with van der Waals surface area (Å²) in [6.07, 6.45) is 3.85. The number of nitrogens with zero attached hydrogens (tertiary/aromatic N) is 1. The molecule has 0 spiro atoms. The lowest BCUT2D eigenvalue weighted by Gasteiger charge is -2.27. The maximum Gasteiger partial charge on any atom is 0.0734 e. The van der Waals surface area contributed by atoms with E-state index in [2.05, 4.69) is 55.3 Å². The van der Waals surface area contributed by atoms with Gasteiger partial charge in [-0.1, -0.05) is 24.3 Å². The van der Waals surface area contributed by atoms with Crippen molar-refractivity contribution in [3.63, 3.8) is 0 Å². The Hall–Kier alpha value is -1.45. The number of methoxy groups -OCH3 is 1. The molecular formula is C18H26N2O. The lowest BCUT2D eigenvalue weighted by atomic mass is 9.99. The lowest BCUT2D eigenvalue weighted by molar-refractivity contribution is 0.00865. The van der Waals surface area contributed by atoms with Crippen LogP contribution in [0.3, 0.4) is 0 Å². The maximum atomic E-state index is 5.48. The number of para-hydroxylation sites is 1. The molecule has 1 heterocycles. The zero-order valence-electron chi connectivity index (χ0n) is 13.5. The van der Waals surface area contributed by atoms with E-state index in [4.69, 9.17) is 4.74 Å². The third-order valence-corrected chi connectivity index (χ3v) is 3.95. The van der Waals surface area contributed by atoms with Crippen LogP contribution in [0.5, 0.6) is 0 Å². The third kappa shape index (κ3) is 4.51. The van der Waals surface area contributed by atoms with Crippen LogP contribution in [0.25, 0.3) is 10.9 Å². The van der Waals surface area contributed by atoms with Gasteiger partial charge in [0.25, 0.3) is 0 Å². The molecule has 1 unspecified atom stereocenters. The second kappa shape index (κ2) is 7.01. The van der Waals surface area contributed by atoms with E-state index in [1.54, 1.807) is 7.11 Å². The minimum atomic E-state index is -0.0760. The number of rotatable bonds is 7. The van der Waals surface area contributed by atoms with Crippen LogP contribution in [0.4, 0.5) is 0 Å². The molecule has 0 aliphatic heterocycles. The molecule has 1 atom stereocenters. The summed E-state index contributed by atoms with van der Waals surface area (Å²) in [5, 5.41) is 4.79. The summed E-state index contributed by atoms with van der Waals surface area (Å²) >= 11 is 0. The van der Waals surface area contributed by atoms with Crippen molar-refractivity contribution in [3.8, 4) is 0 Å². The fraction of sp³-hybridized carbons (Fsp3) is 0.500. The van der Waals surface area contributed by atoms with Crippen molar-refractivity contribution in [2.75, 3.05) is 13.7 Å². The SMILES string of the molecule is COC(C)(C)CC(C)NCCc1cccc2cccnc12. The Morgan fingerprint density at radius 3 is 2.76 bits per heavy atom. The summed E-state index contributed by atoms with van der Waals surface area (Å²) < 4.78 is 5.48. The molecule has 114 valence electrons. The van der Waals surface area contributed by atoms with Gasteiger partial charge in [0, 0.05) is 24.7 Å². The number of fused-ring (bicyclic) bond motifs is 1. The first kappa shape index (κ1) is 15.9. The van der Waals surface area contributed by atoms with E-state index in [0.29, 0.717) is 6.04 Å². The summed E-state index contributed by atoms with van der Waals surface area (Å²) in [5.74, 6) is 0. The van der Waals surface area contributed by atoms with Crippen LogP contribution in [0.1, 0.15) is 32.8 Å². The monoisotopic (exact) mass is 286 g/mol. The molecule has 2 aromatic rings. The topological polar surface area (TPSA) is 34.1 Å². The summed E-state index contributed by atoms with van der Waals surface area (Å²) in [4.78, 5) is 4.50. The molecule has 0 aliphatic rings. The van der Waals surface area contributed by atoms with Crippen LogP contribution < -0.4 is 5.32 Å². The largest absolute Gasteiger partial charge is 0.379 e. The Bertz CT molecular complexity index is 575. The number of nitrogens with one attached hydrogen (secondary N) is 1. The first-order valence-electron chi connectivity index (χ1n) is 7.63. The van der Waals surface area contributed by atoms with Crippen LogP contribution in [0.15, 0.2) is 36.5 Å². The van der Waals surface area contributed by atoms with E-state index in [9.17, 15) is 0 Å². The van der Waals surface area contributed by atoms with Crippen molar-refractivity contribution >= 4 is 10.9 Å². The van der Waals surface area contributed by atoms with Gasteiger partial charge in [0.05, 0.1) is 11.1 Å². The van der Waals surface area contributed by atoms with Gasteiger partial charge in [-0.3, -0.25) is 4.98 Å². The Morgan fingerprint density at radius 1 is 1.24 bits per heavy atom.